The summed E-state index contributed by atoms with van der Waals surface area (Å²) in [6, 6.07) is 7.87. The Morgan fingerprint density at radius 3 is 2.66 bits per heavy atom. The van der Waals surface area contributed by atoms with Crippen molar-refractivity contribution in [2.75, 3.05) is 25.0 Å². The van der Waals surface area contributed by atoms with Crippen LogP contribution in [-0.2, 0) is 6.54 Å². The van der Waals surface area contributed by atoms with Crippen LogP contribution in [0.2, 0.25) is 0 Å². The summed E-state index contributed by atoms with van der Waals surface area (Å²) in [5.41, 5.74) is 2.62. The summed E-state index contributed by atoms with van der Waals surface area (Å²) in [4.78, 5) is 22.1. The zero-order valence-corrected chi connectivity index (χ0v) is 18.1. The van der Waals surface area contributed by atoms with Crippen LogP contribution >= 0.6 is 0 Å². The van der Waals surface area contributed by atoms with Crippen LogP contribution in [0.5, 0.6) is 6.01 Å². The lowest BCUT2D eigenvalue weighted by atomic mass is 10.0. The number of likely N-dealkylation sites (tertiary alicyclic amines) is 1. The van der Waals surface area contributed by atoms with Gasteiger partial charge in [-0.15, -0.1) is 0 Å². The molecule has 3 heterocycles. The smallest absolute Gasteiger partial charge is 0.411 e. The number of fused-ring (bicyclic) bond motifs is 1. The number of nitrogens with one attached hydrogen (secondary N) is 1. The van der Waals surface area contributed by atoms with E-state index in [0.717, 1.165) is 32.5 Å². The molecule has 1 aromatic carbocycles. The molecule has 2 aromatic heterocycles. The third-order valence-corrected chi connectivity index (χ3v) is 5.52. The van der Waals surface area contributed by atoms with Crippen molar-refractivity contribution in [2.24, 2.45) is 0 Å². The summed E-state index contributed by atoms with van der Waals surface area (Å²) >= 11 is 0. The van der Waals surface area contributed by atoms with E-state index in [9.17, 15) is 9.90 Å². The van der Waals surface area contributed by atoms with Crippen molar-refractivity contribution in [3.05, 3.63) is 47.2 Å². The van der Waals surface area contributed by atoms with E-state index < -0.39 is 12.2 Å². The van der Waals surface area contributed by atoms with E-state index in [1.807, 2.05) is 31.2 Å². The van der Waals surface area contributed by atoms with Crippen LogP contribution in [0.25, 0.3) is 5.65 Å². The average molecular weight is 441 g/mol. The summed E-state index contributed by atoms with van der Waals surface area (Å²) in [6.45, 7) is 5.60. The Morgan fingerprint density at radius 2 is 1.97 bits per heavy atom. The highest BCUT2D eigenvalue weighted by Crippen LogP contribution is 2.27. The third kappa shape index (κ3) is 4.97. The number of unbranched alkanes of at least 4 members (excludes halogenated alkanes) is 1. The molecule has 1 saturated heterocycles. The number of aromatic nitrogens is 4. The molecule has 0 bridgehead atoms. The first-order valence-corrected chi connectivity index (χ1v) is 10.9. The van der Waals surface area contributed by atoms with Crippen molar-refractivity contribution in [1.29, 1.82) is 0 Å². The zero-order chi connectivity index (χ0) is 22.5. The molecular weight excluding hydrogens is 412 g/mol. The highest BCUT2D eigenvalue weighted by atomic mass is 16.5. The molecule has 3 N–H and O–H groups in total. The molecule has 10 heteroatoms. The Hall–Kier alpha value is -3.24. The van der Waals surface area contributed by atoms with E-state index in [4.69, 9.17) is 9.84 Å². The standard InChI is InChI=1S/C22H28N6O4/c1-2-3-12-32-21-24-19-17(13-23-28(19)20(25-21)26-22(30)31)18(29)16-8-6-15(7-9-16)14-27-10-4-5-11-27/h6-9,13,18,29H,2-5,10-12,14H2,1H3,(H,30,31)(H,24,25,26). The van der Waals surface area contributed by atoms with Gasteiger partial charge < -0.3 is 14.9 Å². The van der Waals surface area contributed by atoms with Crippen molar-refractivity contribution in [3.63, 3.8) is 0 Å². The lowest BCUT2D eigenvalue weighted by molar-refractivity contribution is 0.209. The molecule has 1 atom stereocenters. The first-order valence-electron chi connectivity index (χ1n) is 10.9. The van der Waals surface area contributed by atoms with E-state index in [1.165, 1.54) is 29.1 Å². The van der Waals surface area contributed by atoms with Crippen LogP contribution < -0.4 is 10.1 Å². The van der Waals surface area contributed by atoms with Crippen molar-refractivity contribution in [1.82, 2.24) is 24.5 Å². The molecular formula is C22H28N6O4. The van der Waals surface area contributed by atoms with Gasteiger partial charge in [-0.2, -0.15) is 19.6 Å². The highest BCUT2D eigenvalue weighted by molar-refractivity contribution is 5.81. The van der Waals surface area contributed by atoms with Crippen LogP contribution in [-0.4, -0.2) is 60.5 Å². The Kier molecular flexibility index (Phi) is 6.81. The quantitative estimate of drug-likeness (QED) is 0.434. The predicted octanol–water partition coefficient (Wildman–Crippen LogP) is 3.07. The van der Waals surface area contributed by atoms with Crippen LogP contribution in [0.4, 0.5) is 10.7 Å². The number of aliphatic hydroxyl groups excluding tert-OH is 1. The lowest BCUT2D eigenvalue weighted by Crippen LogP contribution is -2.18. The molecule has 3 aromatic rings. The van der Waals surface area contributed by atoms with Gasteiger partial charge in [0, 0.05) is 6.54 Å². The first-order chi connectivity index (χ1) is 15.5. The Balaban J connectivity index is 1.60. The number of rotatable bonds is 9. The fourth-order valence-corrected chi connectivity index (χ4v) is 3.80. The van der Waals surface area contributed by atoms with E-state index in [2.05, 4.69) is 25.3 Å². The number of amides is 1. The number of benzene rings is 1. The van der Waals surface area contributed by atoms with Gasteiger partial charge in [-0.25, -0.2) is 4.79 Å². The minimum absolute atomic E-state index is 0.0320. The van der Waals surface area contributed by atoms with E-state index >= 15 is 0 Å². The van der Waals surface area contributed by atoms with E-state index in [0.29, 0.717) is 17.7 Å². The molecule has 1 fully saturated rings. The maximum Gasteiger partial charge on any atom is 0.411 e. The Labute approximate surface area is 185 Å². The largest absolute Gasteiger partial charge is 0.465 e. The molecule has 1 amide bonds. The minimum Gasteiger partial charge on any atom is -0.465 e. The second-order valence-electron chi connectivity index (χ2n) is 7.92. The number of carbonyl (C=O) groups is 1. The van der Waals surface area contributed by atoms with Gasteiger partial charge >= 0.3 is 12.1 Å². The minimum atomic E-state index is -1.28. The molecule has 0 saturated carbocycles. The molecule has 1 unspecified atom stereocenters. The summed E-state index contributed by atoms with van der Waals surface area (Å²) in [7, 11) is 0. The molecule has 4 rings (SSSR count). The van der Waals surface area contributed by atoms with Crippen molar-refractivity contribution in [2.45, 2.75) is 45.3 Å². The number of hydrogen-bond donors (Lipinski definition) is 3. The molecule has 10 nitrogen and oxygen atoms in total. The zero-order valence-electron chi connectivity index (χ0n) is 18.1. The Morgan fingerprint density at radius 1 is 1.22 bits per heavy atom. The highest BCUT2D eigenvalue weighted by Gasteiger charge is 2.21. The van der Waals surface area contributed by atoms with Crippen LogP contribution in [0.1, 0.15) is 55.4 Å². The number of aliphatic hydroxyl groups is 1. The maximum absolute atomic E-state index is 11.2. The van der Waals surface area contributed by atoms with Gasteiger partial charge in [0.05, 0.1) is 18.4 Å². The SMILES string of the molecule is CCCCOc1nc(NC(=O)O)n2ncc(C(O)c3ccc(CN4CCCC4)cc3)c2n1. The number of anilines is 1. The monoisotopic (exact) mass is 440 g/mol. The molecule has 1 aliphatic rings. The fourth-order valence-electron chi connectivity index (χ4n) is 3.80. The molecule has 0 aliphatic carbocycles. The van der Waals surface area contributed by atoms with Crippen molar-refractivity contribution >= 4 is 17.7 Å². The van der Waals surface area contributed by atoms with Crippen molar-refractivity contribution < 1.29 is 19.7 Å². The second kappa shape index (κ2) is 9.92. The summed E-state index contributed by atoms with van der Waals surface area (Å²) in [5, 5.41) is 26.6. The first kappa shape index (κ1) is 22.0. The number of nitrogens with zero attached hydrogens (tertiary/aromatic N) is 5. The van der Waals surface area contributed by atoms with Crippen LogP contribution in [0, 0.1) is 0 Å². The van der Waals surface area contributed by atoms with Crippen molar-refractivity contribution in [3.8, 4) is 6.01 Å². The predicted molar refractivity (Wildman–Crippen MR) is 118 cm³/mol. The average Bonchev–Trinajstić information content (AvgIpc) is 3.44. The molecule has 32 heavy (non-hydrogen) atoms. The van der Waals surface area contributed by atoms with Gasteiger partial charge in [-0.3, -0.25) is 10.2 Å². The van der Waals surface area contributed by atoms with Gasteiger partial charge in [-0.1, -0.05) is 37.6 Å². The molecule has 0 spiro atoms. The number of hydrogen-bond acceptors (Lipinski definition) is 7. The van der Waals surface area contributed by atoms with Gasteiger partial charge in [-0.05, 0) is 43.5 Å². The summed E-state index contributed by atoms with van der Waals surface area (Å²) in [5.74, 6) is -0.0478. The van der Waals surface area contributed by atoms with Gasteiger partial charge in [0.15, 0.2) is 5.65 Å². The van der Waals surface area contributed by atoms with Crippen LogP contribution in [0.3, 0.4) is 0 Å². The number of ether oxygens (including phenoxy) is 1. The van der Waals surface area contributed by atoms with E-state index in [1.54, 1.807) is 0 Å². The third-order valence-electron chi connectivity index (χ3n) is 5.52. The fraction of sp³-hybridized carbons (Fsp3) is 0.455. The number of carboxylic acid groups (broad SMARTS) is 1. The lowest BCUT2D eigenvalue weighted by Gasteiger charge is -2.15. The topological polar surface area (TPSA) is 125 Å². The normalized spacial score (nSPS) is 15.2. The van der Waals surface area contributed by atoms with Gasteiger partial charge in [0.2, 0.25) is 5.95 Å². The summed E-state index contributed by atoms with van der Waals surface area (Å²) < 4.78 is 6.83. The molecule has 170 valence electrons. The van der Waals surface area contributed by atoms with Gasteiger partial charge in [0.1, 0.15) is 6.10 Å². The second-order valence-corrected chi connectivity index (χ2v) is 7.92. The van der Waals surface area contributed by atoms with E-state index in [-0.39, 0.29) is 17.6 Å². The van der Waals surface area contributed by atoms with Crippen LogP contribution in [0.15, 0.2) is 30.5 Å². The van der Waals surface area contributed by atoms with Gasteiger partial charge in [0.25, 0.3) is 0 Å². The molecule has 0 radical (unpaired) electrons. The maximum atomic E-state index is 11.2. The molecule has 1 aliphatic heterocycles. The summed E-state index contributed by atoms with van der Waals surface area (Å²) in [6.07, 6.45) is 3.45. The Bertz CT molecular complexity index is 1060.